The predicted molar refractivity (Wildman–Crippen MR) is 94.2 cm³/mol. The van der Waals surface area contributed by atoms with E-state index in [1.165, 1.54) is 17.0 Å². The number of amides is 2. The molecule has 0 unspecified atom stereocenters. The van der Waals surface area contributed by atoms with Crippen molar-refractivity contribution in [3.05, 3.63) is 77.6 Å². The van der Waals surface area contributed by atoms with Gasteiger partial charge >= 0.3 is 0 Å². The molecular formula is C20H19FN2O2. The van der Waals surface area contributed by atoms with Crippen LogP contribution in [0.25, 0.3) is 5.70 Å². The van der Waals surface area contributed by atoms with E-state index < -0.39 is 0 Å². The van der Waals surface area contributed by atoms with E-state index in [4.69, 9.17) is 0 Å². The molecule has 0 saturated carbocycles. The zero-order valence-corrected chi connectivity index (χ0v) is 13.8. The molecule has 0 saturated heterocycles. The van der Waals surface area contributed by atoms with Crippen LogP contribution < -0.4 is 5.32 Å². The van der Waals surface area contributed by atoms with Gasteiger partial charge in [0, 0.05) is 36.3 Å². The highest BCUT2D eigenvalue weighted by Gasteiger charge is 2.30. The molecule has 0 spiro atoms. The summed E-state index contributed by atoms with van der Waals surface area (Å²) in [5.41, 5.74) is 2.91. The summed E-state index contributed by atoms with van der Waals surface area (Å²) in [7, 11) is 0. The highest BCUT2D eigenvalue weighted by molar-refractivity contribution is 6.08. The lowest BCUT2D eigenvalue weighted by Gasteiger charge is -2.17. The zero-order valence-electron chi connectivity index (χ0n) is 13.8. The van der Waals surface area contributed by atoms with Gasteiger partial charge in [-0.05, 0) is 30.2 Å². The van der Waals surface area contributed by atoms with Crippen LogP contribution in [-0.2, 0) is 11.2 Å². The molecular weight excluding hydrogens is 319 g/mol. The number of nitrogens with one attached hydrogen (secondary N) is 1. The van der Waals surface area contributed by atoms with Crippen molar-refractivity contribution in [2.75, 3.05) is 13.1 Å². The van der Waals surface area contributed by atoms with Crippen molar-refractivity contribution in [2.45, 2.75) is 12.8 Å². The third-order valence-electron chi connectivity index (χ3n) is 4.23. The fraction of sp³-hybridized carbons (Fsp3) is 0.200. The fourth-order valence-electron chi connectivity index (χ4n) is 2.91. The molecule has 1 aliphatic rings. The van der Waals surface area contributed by atoms with Gasteiger partial charge in [-0.15, -0.1) is 0 Å². The summed E-state index contributed by atoms with van der Waals surface area (Å²) < 4.78 is 13.1. The van der Waals surface area contributed by atoms with Gasteiger partial charge in [-0.3, -0.25) is 9.59 Å². The summed E-state index contributed by atoms with van der Waals surface area (Å²) in [5, 5.41) is 2.80. The van der Waals surface area contributed by atoms with Crippen molar-refractivity contribution in [1.82, 2.24) is 10.2 Å². The molecule has 1 heterocycles. The summed E-state index contributed by atoms with van der Waals surface area (Å²) in [6.07, 6.45) is 0.756. The first-order valence-corrected chi connectivity index (χ1v) is 8.17. The Kier molecular flexibility index (Phi) is 4.93. The summed E-state index contributed by atoms with van der Waals surface area (Å²) in [4.78, 5) is 25.9. The molecule has 25 heavy (non-hydrogen) atoms. The van der Waals surface area contributed by atoms with Crippen LogP contribution >= 0.6 is 0 Å². The first kappa shape index (κ1) is 16.9. The van der Waals surface area contributed by atoms with Crippen LogP contribution in [0.15, 0.2) is 55.1 Å². The summed E-state index contributed by atoms with van der Waals surface area (Å²) in [6.45, 7) is 4.67. The van der Waals surface area contributed by atoms with Gasteiger partial charge in [-0.1, -0.05) is 36.9 Å². The minimum Gasteiger partial charge on any atom is -0.356 e. The van der Waals surface area contributed by atoms with Gasteiger partial charge in [-0.2, -0.15) is 0 Å². The van der Waals surface area contributed by atoms with Crippen LogP contribution in [0, 0.1) is 5.82 Å². The Balaban J connectivity index is 1.47. The maximum atomic E-state index is 13.1. The molecule has 3 rings (SSSR count). The molecule has 0 fully saturated rings. The number of carbonyl (C=O) groups excluding carboxylic acids is 2. The highest BCUT2D eigenvalue weighted by Crippen LogP contribution is 2.30. The SMILES string of the molecule is C=C1c2ccccc2C(=O)N1CCC(=O)NCCc1cccc(F)c1. The van der Waals surface area contributed by atoms with Crippen LogP contribution in [0.1, 0.15) is 27.9 Å². The quantitative estimate of drug-likeness (QED) is 0.880. The molecule has 0 bridgehead atoms. The van der Waals surface area contributed by atoms with Crippen LogP contribution in [0.3, 0.4) is 0 Å². The van der Waals surface area contributed by atoms with E-state index in [1.807, 2.05) is 24.3 Å². The number of carbonyl (C=O) groups is 2. The van der Waals surface area contributed by atoms with E-state index in [0.717, 1.165) is 11.1 Å². The largest absolute Gasteiger partial charge is 0.356 e. The van der Waals surface area contributed by atoms with Crippen molar-refractivity contribution < 1.29 is 14.0 Å². The van der Waals surface area contributed by atoms with E-state index in [0.29, 0.717) is 24.2 Å². The fourth-order valence-corrected chi connectivity index (χ4v) is 2.91. The Bertz CT molecular complexity index is 797. The summed E-state index contributed by atoms with van der Waals surface area (Å²) >= 11 is 0. The Hall–Kier alpha value is -2.95. The molecule has 128 valence electrons. The Morgan fingerprint density at radius 3 is 2.60 bits per heavy atom. The molecule has 0 atom stereocenters. The van der Waals surface area contributed by atoms with Crippen molar-refractivity contribution in [2.24, 2.45) is 0 Å². The number of halogens is 1. The molecule has 2 aromatic rings. The highest BCUT2D eigenvalue weighted by atomic mass is 19.1. The van der Waals surface area contributed by atoms with E-state index in [9.17, 15) is 14.0 Å². The van der Waals surface area contributed by atoms with E-state index in [2.05, 4.69) is 11.9 Å². The number of fused-ring (bicyclic) bond motifs is 1. The predicted octanol–water partition coefficient (Wildman–Crippen LogP) is 3.00. The Labute approximate surface area is 146 Å². The van der Waals surface area contributed by atoms with Gasteiger partial charge in [0.15, 0.2) is 0 Å². The van der Waals surface area contributed by atoms with Crippen molar-refractivity contribution in [3.8, 4) is 0 Å². The van der Waals surface area contributed by atoms with Gasteiger partial charge in [0.05, 0.1) is 0 Å². The second kappa shape index (κ2) is 7.30. The number of nitrogens with zero attached hydrogens (tertiary/aromatic N) is 1. The smallest absolute Gasteiger partial charge is 0.258 e. The molecule has 1 N–H and O–H groups in total. The minimum absolute atomic E-state index is 0.117. The summed E-state index contributed by atoms with van der Waals surface area (Å²) in [5.74, 6) is -0.546. The number of hydrogen-bond acceptors (Lipinski definition) is 2. The zero-order chi connectivity index (χ0) is 17.8. The van der Waals surface area contributed by atoms with Crippen molar-refractivity contribution in [1.29, 1.82) is 0 Å². The maximum Gasteiger partial charge on any atom is 0.258 e. The molecule has 0 radical (unpaired) electrons. The van der Waals surface area contributed by atoms with Crippen LogP contribution in [0.5, 0.6) is 0 Å². The molecule has 5 heteroatoms. The van der Waals surface area contributed by atoms with Gasteiger partial charge in [0.25, 0.3) is 5.91 Å². The molecule has 2 aromatic carbocycles. The Morgan fingerprint density at radius 1 is 1.12 bits per heavy atom. The number of hydrogen-bond donors (Lipinski definition) is 1. The van der Waals surface area contributed by atoms with Gasteiger partial charge < -0.3 is 10.2 Å². The maximum absolute atomic E-state index is 13.1. The van der Waals surface area contributed by atoms with Crippen LogP contribution in [0.2, 0.25) is 0 Å². The normalized spacial score (nSPS) is 13.1. The van der Waals surface area contributed by atoms with Crippen LogP contribution in [0.4, 0.5) is 4.39 Å². The first-order valence-electron chi connectivity index (χ1n) is 8.17. The van der Waals surface area contributed by atoms with Crippen LogP contribution in [-0.4, -0.2) is 29.8 Å². The van der Waals surface area contributed by atoms with Crippen molar-refractivity contribution in [3.63, 3.8) is 0 Å². The lowest BCUT2D eigenvalue weighted by molar-refractivity contribution is -0.121. The molecule has 2 amide bonds. The average Bonchev–Trinajstić information content (AvgIpc) is 2.85. The second-order valence-electron chi connectivity index (χ2n) is 5.93. The van der Waals surface area contributed by atoms with Crippen molar-refractivity contribution >= 4 is 17.5 Å². The van der Waals surface area contributed by atoms with E-state index >= 15 is 0 Å². The van der Waals surface area contributed by atoms with E-state index in [1.54, 1.807) is 12.1 Å². The summed E-state index contributed by atoms with van der Waals surface area (Å²) in [6, 6.07) is 13.6. The topological polar surface area (TPSA) is 49.4 Å². The standard InChI is InChI=1S/C20H19FN2O2/c1-14-17-7-2-3-8-18(17)20(25)23(14)12-10-19(24)22-11-9-15-5-4-6-16(21)13-15/h2-8,13H,1,9-12H2,(H,22,24). The number of rotatable bonds is 6. The molecule has 0 aliphatic carbocycles. The van der Waals surface area contributed by atoms with Gasteiger partial charge in [0.2, 0.25) is 5.91 Å². The van der Waals surface area contributed by atoms with E-state index in [-0.39, 0.29) is 30.6 Å². The lowest BCUT2D eigenvalue weighted by atomic mass is 10.1. The molecule has 0 aromatic heterocycles. The Morgan fingerprint density at radius 2 is 1.88 bits per heavy atom. The third-order valence-corrected chi connectivity index (χ3v) is 4.23. The lowest BCUT2D eigenvalue weighted by Crippen LogP contribution is -2.31. The average molecular weight is 338 g/mol. The molecule has 1 aliphatic heterocycles. The second-order valence-corrected chi connectivity index (χ2v) is 5.93. The monoisotopic (exact) mass is 338 g/mol. The minimum atomic E-state index is -0.283. The number of benzene rings is 2. The first-order chi connectivity index (χ1) is 12.1. The van der Waals surface area contributed by atoms with Gasteiger partial charge in [0.1, 0.15) is 5.82 Å². The molecule has 4 nitrogen and oxygen atoms in total. The third kappa shape index (κ3) is 3.76. The van der Waals surface area contributed by atoms with Gasteiger partial charge in [-0.25, -0.2) is 4.39 Å².